The Kier molecular flexibility index (Phi) is 4.82. The van der Waals surface area contributed by atoms with Crippen molar-refractivity contribution in [1.82, 2.24) is 14.7 Å². The highest BCUT2D eigenvalue weighted by Crippen LogP contribution is 2.22. The molecule has 1 amide bonds. The number of nitrogens with zero attached hydrogens (tertiary/aromatic N) is 3. The molecule has 0 unspecified atom stereocenters. The van der Waals surface area contributed by atoms with Crippen LogP contribution in [0.2, 0.25) is 5.02 Å². The number of halogens is 1. The molecule has 7 heteroatoms. The van der Waals surface area contributed by atoms with Crippen molar-refractivity contribution in [3.8, 4) is 5.69 Å². The number of hydrogen-bond donors (Lipinski definition) is 1. The summed E-state index contributed by atoms with van der Waals surface area (Å²) < 4.78 is 1.57. The predicted molar refractivity (Wildman–Crippen MR) is 82.5 cm³/mol. The molecule has 0 saturated carbocycles. The molecule has 1 aromatic carbocycles. The van der Waals surface area contributed by atoms with Crippen LogP contribution in [-0.2, 0) is 4.79 Å². The number of aliphatic carboxylic acids is 1. The number of carboxylic acid groups (broad SMARTS) is 1. The van der Waals surface area contributed by atoms with E-state index in [1.807, 2.05) is 12.1 Å². The molecule has 22 heavy (non-hydrogen) atoms. The maximum atomic E-state index is 12.4. The van der Waals surface area contributed by atoms with Gasteiger partial charge in [-0.2, -0.15) is 5.10 Å². The molecule has 0 radical (unpaired) electrons. The minimum Gasteiger partial charge on any atom is -0.480 e. The van der Waals surface area contributed by atoms with Gasteiger partial charge in [0.15, 0.2) is 0 Å². The Morgan fingerprint density at radius 3 is 2.64 bits per heavy atom. The van der Waals surface area contributed by atoms with E-state index in [0.717, 1.165) is 0 Å². The number of rotatable bonds is 5. The molecule has 0 atom stereocenters. The number of amides is 1. The van der Waals surface area contributed by atoms with Crippen molar-refractivity contribution in [1.29, 1.82) is 0 Å². The average molecular weight is 322 g/mol. The largest absolute Gasteiger partial charge is 0.480 e. The van der Waals surface area contributed by atoms with Crippen molar-refractivity contribution >= 4 is 23.5 Å². The first-order valence-electron chi connectivity index (χ1n) is 6.76. The first-order valence-corrected chi connectivity index (χ1v) is 7.14. The van der Waals surface area contributed by atoms with Crippen LogP contribution in [-0.4, -0.2) is 44.8 Å². The third kappa shape index (κ3) is 3.12. The van der Waals surface area contributed by atoms with Crippen LogP contribution >= 0.6 is 11.6 Å². The molecule has 6 nitrogen and oxygen atoms in total. The van der Waals surface area contributed by atoms with Crippen LogP contribution in [0.4, 0.5) is 0 Å². The van der Waals surface area contributed by atoms with Gasteiger partial charge < -0.3 is 10.0 Å². The summed E-state index contributed by atoms with van der Waals surface area (Å²) in [5, 5.41) is 13.6. The molecule has 1 N–H and O–H groups in total. The van der Waals surface area contributed by atoms with Gasteiger partial charge in [-0.15, -0.1) is 0 Å². The van der Waals surface area contributed by atoms with Gasteiger partial charge in [0.2, 0.25) is 0 Å². The number of carbonyl (C=O) groups is 2. The molecular weight excluding hydrogens is 306 g/mol. The third-order valence-electron chi connectivity index (χ3n) is 3.32. The van der Waals surface area contributed by atoms with E-state index >= 15 is 0 Å². The number of carboxylic acids is 1. The van der Waals surface area contributed by atoms with E-state index in [-0.39, 0.29) is 12.5 Å². The summed E-state index contributed by atoms with van der Waals surface area (Å²) in [4.78, 5) is 24.5. The fourth-order valence-electron chi connectivity index (χ4n) is 2.15. The molecule has 0 aliphatic carbocycles. The first-order chi connectivity index (χ1) is 10.5. The van der Waals surface area contributed by atoms with Gasteiger partial charge in [-0.3, -0.25) is 9.59 Å². The second-order valence-electron chi connectivity index (χ2n) is 4.72. The van der Waals surface area contributed by atoms with Crippen molar-refractivity contribution in [3.05, 3.63) is 46.7 Å². The molecule has 0 fully saturated rings. The predicted octanol–water partition coefficient (Wildman–Crippen LogP) is 2.38. The molecule has 116 valence electrons. The van der Waals surface area contributed by atoms with E-state index in [2.05, 4.69) is 5.10 Å². The van der Waals surface area contributed by atoms with Gasteiger partial charge in [-0.25, -0.2) is 4.68 Å². The van der Waals surface area contributed by atoms with Crippen LogP contribution in [0.5, 0.6) is 0 Å². The average Bonchev–Trinajstić information content (AvgIpc) is 2.86. The standard InChI is InChI=1S/C15H16ClN3O3/c1-3-18(9-14(20)21)15(22)11-8-17-19(10(11)2)13-7-5-4-6-12(13)16/h4-8H,3,9H2,1-2H3,(H,20,21). The fourth-order valence-corrected chi connectivity index (χ4v) is 2.36. The van der Waals surface area contributed by atoms with Gasteiger partial charge in [-0.1, -0.05) is 23.7 Å². The minimum absolute atomic E-state index is 0.307. The molecule has 1 aromatic heterocycles. The number of benzene rings is 1. The lowest BCUT2D eigenvalue weighted by atomic mass is 10.2. The van der Waals surface area contributed by atoms with Gasteiger partial charge >= 0.3 is 5.97 Å². The van der Waals surface area contributed by atoms with E-state index < -0.39 is 5.97 Å². The highest BCUT2D eigenvalue weighted by molar-refractivity contribution is 6.32. The zero-order valence-corrected chi connectivity index (χ0v) is 13.0. The summed E-state index contributed by atoms with van der Waals surface area (Å²) in [5.74, 6) is -1.41. The van der Waals surface area contributed by atoms with Crippen molar-refractivity contribution in [2.75, 3.05) is 13.1 Å². The maximum Gasteiger partial charge on any atom is 0.323 e. The maximum absolute atomic E-state index is 12.4. The number of hydrogen-bond acceptors (Lipinski definition) is 3. The minimum atomic E-state index is -1.05. The summed E-state index contributed by atoms with van der Waals surface area (Å²) in [7, 11) is 0. The summed E-state index contributed by atoms with van der Waals surface area (Å²) in [6.07, 6.45) is 1.44. The third-order valence-corrected chi connectivity index (χ3v) is 3.64. The van der Waals surface area contributed by atoms with Gasteiger partial charge in [0.05, 0.1) is 28.2 Å². The Hall–Kier alpha value is -2.34. The van der Waals surface area contributed by atoms with Gasteiger partial charge in [0.1, 0.15) is 6.54 Å². The molecule has 2 aromatic rings. The quantitative estimate of drug-likeness (QED) is 0.917. The van der Waals surface area contributed by atoms with Crippen LogP contribution in [0, 0.1) is 6.92 Å². The second kappa shape index (κ2) is 6.62. The lowest BCUT2D eigenvalue weighted by molar-refractivity contribution is -0.137. The summed E-state index contributed by atoms with van der Waals surface area (Å²) in [6, 6.07) is 7.17. The first kappa shape index (κ1) is 16.0. The van der Waals surface area contributed by atoms with Crippen LogP contribution in [0.1, 0.15) is 23.0 Å². The Morgan fingerprint density at radius 2 is 2.05 bits per heavy atom. The molecular formula is C15H16ClN3O3. The Morgan fingerprint density at radius 1 is 1.36 bits per heavy atom. The zero-order valence-electron chi connectivity index (χ0n) is 12.3. The van der Waals surface area contributed by atoms with Crippen molar-refractivity contribution < 1.29 is 14.7 Å². The number of para-hydroxylation sites is 1. The smallest absolute Gasteiger partial charge is 0.323 e. The van der Waals surface area contributed by atoms with E-state index in [0.29, 0.717) is 28.5 Å². The SMILES string of the molecule is CCN(CC(=O)O)C(=O)c1cnn(-c2ccccc2Cl)c1C. The highest BCUT2D eigenvalue weighted by Gasteiger charge is 2.22. The topological polar surface area (TPSA) is 75.4 Å². The van der Waals surface area contributed by atoms with Gasteiger partial charge in [-0.05, 0) is 26.0 Å². The summed E-state index contributed by atoms with van der Waals surface area (Å²) in [5.41, 5.74) is 1.65. The van der Waals surface area contributed by atoms with Gasteiger partial charge in [0, 0.05) is 6.54 Å². The second-order valence-corrected chi connectivity index (χ2v) is 5.13. The van der Waals surface area contributed by atoms with Crippen LogP contribution in [0.15, 0.2) is 30.5 Å². The summed E-state index contributed by atoms with van der Waals surface area (Å²) >= 11 is 6.14. The molecule has 0 aliphatic rings. The normalized spacial score (nSPS) is 10.5. The van der Waals surface area contributed by atoms with Crippen molar-refractivity contribution in [2.24, 2.45) is 0 Å². The molecule has 0 saturated heterocycles. The van der Waals surface area contributed by atoms with Gasteiger partial charge in [0.25, 0.3) is 5.91 Å². The van der Waals surface area contributed by atoms with Crippen LogP contribution in [0.3, 0.4) is 0 Å². The van der Waals surface area contributed by atoms with Crippen molar-refractivity contribution in [2.45, 2.75) is 13.8 Å². The van der Waals surface area contributed by atoms with E-state index in [1.165, 1.54) is 11.1 Å². The highest BCUT2D eigenvalue weighted by atomic mass is 35.5. The van der Waals surface area contributed by atoms with E-state index in [1.54, 1.807) is 30.7 Å². The molecule has 2 rings (SSSR count). The molecule has 0 aliphatic heterocycles. The number of carbonyl (C=O) groups excluding carboxylic acids is 1. The number of likely N-dealkylation sites (N-methyl/N-ethyl adjacent to an activating group) is 1. The van der Waals surface area contributed by atoms with Crippen LogP contribution < -0.4 is 0 Å². The lowest BCUT2D eigenvalue weighted by Gasteiger charge is -2.18. The van der Waals surface area contributed by atoms with E-state index in [4.69, 9.17) is 16.7 Å². The Balaban J connectivity index is 2.37. The number of aromatic nitrogens is 2. The fraction of sp³-hybridized carbons (Fsp3) is 0.267. The zero-order chi connectivity index (χ0) is 16.3. The molecule has 0 bridgehead atoms. The van der Waals surface area contributed by atoms with Crippen molar-refractivity contribution in [3.63, 3.8) is 0 Å². The van der Waals surface area contributed by atoms with Crippen LogP contribution in [0.25, 0.3) is 5.69 Å². The monoisotopic (exact) mass is 321 g/mol. The summed E-state index contributed by atoms with van der Waals surface area (Å²) in [6.45, 7) is 3.45. The van der Waals surface area contributed by atoms with E-state index in [9.17, 15) is 9.59 Å². The molecule has 0 spiro atoms. The molecule has 1 heterocycles. The Labute approximate surface area is 132 Å². The lowest BCUT2D eigenvalue weighted by Crippen LogP contribution is -2.35. The Bertz CT molecular complexity index is 712.